The molecule has 5 aliphatic rings. The smallest absolute Gasteiger partial charge is 0.407 e. The number of rotatable bonds is 11. The number of benzene rings is 3. The topological polar surface area (TPSA) is 171 Å². The molecule has 1 spiro atoms. The Balaban J connectivity index is 0.896. The Labute approximate surface area is 375 Å². The number of methoxy groups -OCH3 is 2. The van der Waals surface area contributed by atoms with Crippen molar-refractivity contribution in [1.82, 2.24) is 35.5 Å². The molecule has 7 atom stereocenters. The molecule has 65 heavy (non-hydrogen) atoms. The van der Waals surface area contributed by atoms with Crippen LogP contribution in [0, 0.1) is 29.1 Å². The lowest BCUT2D eigenvalue weighted by Gasteiger charge is -2.37. The standard InChI is InChI=1S/C50H55F2N7O6/c1-24(2)40(57-47(62)64-5)43(60)33-21-49(15-16-49)22-34(33)44-53-23-39(56-44)28-9-13-32-31-12-8-26(18-35(31)50(51,52)36(32)19-28)27-10-14-37-38(20-27)55-45(54-37)42-29-7-11-30(17-29)59(42)46(61)41(25(3)4)58-48(63)65-6/h8-10,12-14,18-20,23-25,29-30,33-34,40-42H,7,11,15-17,21-22H2,1-6H3,(H,53,56)(H,54,55)(H,57,62)(H,58,63)/t29-,30+,33?,34?,40-,41-,42-/m0/s1. The van der Waals surface area contributed by atoms with E-state index in [2.05, 4.69) is 20.6 Å². The van der Waals surface area contributed by atoms with Gasteiger partial charge in [0.15, 0.2) is 5.78 Å². The van der Waals surface area contributed by atoms with E-state index in [0.29, 0.717) is 45.1 Å². The van der Waals surface area contributed by atoms with Crippen LogP contribution >= 0.6 is 0 Å². The van der Waals surface area contributed by atoms with Crippen LogP contribution in [0.15, 0.2) is 60.8 Å². The van der Waals surface area contributed by atoms with Gasteiger partial charge in [-0.3, -0.25) is 9.59 Å². The van der Waals surface area contributed by atoms with Gasteiger partial charge in [-0.15, -0.1) is 0 Å². The summed E-state index contributed by atoms with van der Waals surface area (Å²) in [5.41, 5.74) is 4.85. The predicted octanol–water partition coefficient (Wildman–Crippen LogP) is 9.40. The van der Waals surface area contributed by atoms with Crippen LogP contribution in [0.25, 0.3) is 44.5 Å². The molecule has 5 aromatic rings. The third-order valence-electron chi connectivity index (χ3n) is 15.2. The summed E-state index contributed by atoms with van der Waals surface area (Å²) in [5.74, 6) is -2.78. The molecule has 10 rings (SSSR count). The summed E-state index contributed by atoms with van der Waals surface area (Å²) in [6.45, 7) is 7.58. The zero-order chi connectivity index (χ0) is 45.7. The van der Waals surface area contributed by atoms with Crippen molar-refractivity contribution in [2.45, 2.75) is 109 Å². The molecule has 1 aliphatic heterocycles. The molecule has 15 heteroatoms. The minimum absolute atomic E-state index is 0.0383. The van der Waals surface area contributed by atoms with Gasteiger partial charge in [0.2, 0.25) is 5.91 Å². The Morgan fingerprint density at radius 3 is 2.08 bits per heavy atom. The van der Waals surface area contributed by atoms with Crippen molar-refractivity contribution in [2.24, 2.45) is 29.1 Å². The highest BCUT2D eigenvalue weighted by Crippen LogP contribution is 2.64. The lowest BCUT2D eigenvalue weighted by Crippen LogP contribution is -2.54. The van der Waals surface area contributed by atoms with Crippen LogP contribution in [0.2, 0.25) is 0 Å². The average molecular weight is 888 g/mol. The number of carbonyl (C=O) groups excluding carboxylic acids is 4. The molecule has 2 bridgehead atoms. The van der Waals surface area contributed by atoms with Gasteiger partial charge in [-0.1, -0.05) is 58.0 Å². The van der Waals surface area contributed by atoms with Gasteiger partial charge in [0.25, 0.3) is 5.92 Å². The molecule has 4 N–H and O–H groups in total. The number of aromatic amines is 2. The second-order valence-corrected chi connectivity index (χ2v) is 19.8. The summed E-state index contributed by atoms with van der Waals surface area (Å²) in [6.07, 6.45) is 6.69. The maximum Gasteiger partial charge on any atom is 0.407 e. The number of nitrogens with one attached hydrogen (secondary N) is 4. The Bertz CT molecular complexity index is 2740. The molecule has 1 saturated heterocycles. The Hall–Kier alpha value is -6.12. The fourth-order valence-electron chi connectivity index (χ4n) is 11.6. The van der Waals surface area contributed by atoms with E-state index in [9.17, 15) is 19.2 Å². The number of amides is 3. The first-order valence-corrected chi connectivity index (χ1v) is 22.9. The lowest BCUT2D eigenvalue weighted by atomic mass is 9.84. The van der Waals surface area contributed by atoms with E-state index in [-0.39, 0.29) is 69.9 Å². The van der Waals surface area contributed by atoms with Crippen molar-refractivity contribution >= 4 is 34.9 Å². The third kappa shape index (κ3) is 7.25. The first-order valence-electron chi connectivity index (χ1n) is 22.9. The van der Waals surface area contributed by atoms with Crippen molar-refractivity contribution in [2.75, 3.05) is 14.2 Å². The fraction of sp³-hybridized carbons (Fsp3) is 0.480. The van der Waals surface area contributed by atoms with Crippen LogP contribution in [-0.4, -0.2) is 81.1 Å². The maximum atomic E-state index is 16.7. The van der Waals surface area contributed by atoms with Crippen molar-refractivity contribution in [3.05, 3.63) is 83.6 Å². The van der Waals surface area contributed by atoms with E-state index in [0.717, 1.165) is 56.0 Å². The Morgan fingerprint density at radius 1 is 0.785 bits per heavy atom. The second-order valence-electron chi connectivity index (χ2n) is 19.8. The highest BCUT2D eigenvalue weighted by Gasteiger charge is 2.57. The summed E-state index contributed by atoms with van der Waals surface area (Å²) >= 11 is 0. The van der Waals surface area contributed by atoms with Crippen LogP contribution in [-0.2, 0) is 25.0 Å². The van der Waals surface area contributed by atoms with Crippen molar-refractivity contribution < 1.29 is 37.4 Å². The largest absolute Gasteiger partial charge is 0.453 e. The average Bonchev–Trinajstić information content (AvgIpc) is 3.95. The summed E-state index contributed by atoms with van der Waals surface area (Å²) in [4.78, 5) is 71.0. The number of H-pyrrole nitrogens is 2. The molecule has 3 amide bonds. The molecule has 0 radical (unpaired) electrons. The van der Waals surface area contributed by atoms with Crippen molar-refractivity contribution in [3.63, 3.8) is 0 Å². The van der Waals surface area contributed by atoms with Gasteiger partial charge in [-0.05, 0) is 115 Å². The second kappa shape index (κ2) is 15.8. The van der Waals surface area contributed by atoms with E-state index in [1.54, 1.807) is 24.4 Å². The number of Topliss-reactive ketones (excluding diaryl/α,β-unsaturated/α-hetero) is 1. The molecule has 3 heterocycles. The number of hydrogen-bond acceptors (Lipinski definition) is 8. The van der Waals surface area contributed by atoms with Crippen LogP contribution in [0.1, 0.15) is 107 Å². The first-order chi connectivity index (χ1) is 31.1. The van der Waals surface area contributed by atoms with Crippen molar-refractivity contribution in [3.8, 4) is 33.5 Å². The van der Waals surface area contributed by atoms with Crippen LogP contribution in [0.5, 0.6) is 0 Å². The van der Waals surface area contributed by atoms with Gasteiger partial charge in [0.05, 0.1) is 49.2 Å². The number of halogens is 2. The monoisotopic (exact) mass is 887 g/mol. The Morgan fingerprint density at radius 2 is 1.42 bits per heavy atom. The Kier molecular flexibility index (Phi) is 10.4. The van der Waals surface area contributed by atoms with E-state index >= 15 is 8.78 Å². The zero-order valence-electron chi connectivity index (χ0n) is 37.5. The van der Waals surface area contributed by atoms with Gasteiger partial charge in [0.1, 0.15) is 17.7 Å². The number of alkyl carbamates (subject to hydrolysis) is 2. The number of alkyl halides is 2. The minimum Gasteiger partial charge on any atom is -0.453 e. The molecule has 4 aliphatic carbocycles. The van der Waals surface area contributed by atoms with E-state index < -0.39 is 30.2 Å². The minimum atomic E-state index is -3.28. The lowest BCUT2D eigenvalue weighted by molar-refractivity contribution is -0.139. The summed E-state index contributed by atoms with van der Waals surface area (Å²) < 4.78 is 43.0. The molecular formula is C50H55F2N7O6. The van der Waals surface area contributed by atoms with E-state index in [4.69, 9.17) is 19.4 Å². The third-order valence-corrected chi connectivity index (χ3v) is 15.2. The maximum absolute atomic E-state index is 16.7. The van der Waals surface area contributed by atoms with E-state index in [1.807, 2.05) is 62.9 Å². The summed E-state index contributed by atoms with van der Waals surface area (Å²) in [5, 5.41) is 5.48. The van der Waals surface area contributed by atoms with Crippen LogP contribution in [0.3, 0.4) is 0 Å². The molecule has 3 saturated carbocycles. The fourth-order valence-corrected chi connectivity index (χ4v) is 11.6. The SMILES string of the molecule is COC(=O)N[C@H](C(=O)C1CC2(CC2)CC1c1ncc(-c2ccc3c(c2)C(F)(F)c2cc(-c4ccc5nc([C@@H]6[C@H]7CC[C@H](C7)N6C(=O)[C@@H](NC(=O)OC)C(C)C)[nH]c5c4)ccc2-3)[nH]1)C(C)C. The number of fused-ring (bicyclic) bond motifs is 6. The number of carbonyl (C=O) groups is 4. The van der Waals surface area contributed by atoms with E-state index in [1.165, 1.54) is 20.3 Å². The molecule has 340 valence electrons. The normalized spacial score (nSPS) is 24.0. The van der Waals surface area contributed by atoms with Gasteiger partial charge in [0, 0.05) is 34.6 Å². The highest BCUT2D eigenvalue weighted by atomic mass is 19.3. The van der Waals surface area contributed by atoms with Gasteiger partial charge in [-0.2, -0.15) is 8.78 Å². The number of imidazole rings is 2. The number of piperidine rings is 1. The van der Waals surface area contributed by atoms with Gasteiger partial charge in [-0.25, -0.2) is 19.6 Å². The summed E-state index contributed by atoms with van der Waals surface area (Å²) in [6, 6.07) is 14.3. The van der Waals surface area contributed by atoms with Gasteiger partial charge >= 0.3 is 12.2 Å². The number of nitrogens with zero attached hydrogens (tertiary/aromatic N) is 3. The number of hydrogen-bond donors (Lipinski definition) is 4. The first kappa shape index (κ1) is 42.8. The van der Waals surface area contributed by atoms with Gasteiger partial charge < -0.3 is 35.0 Å². The molecule has 2 unspecified atom stereocenters. The quantitative estimate of drug-likeness (QED) is 0.102. The predicted molar refractivity (Wildman–Crippen MR) is 239 cm³/mol. The zero-order valence-corrected chi connectivity index (χ0v) is 37.5. The summed E-state index contributed by atoms with van der Waals surface area (Å²) in [7, 11) is 2.56. The molecule has 3 aromatic carbocycles. The van der Waals surface area contributed by atoms with Crippen LogP contribution in [0.4, 0.5) is 18.4 Å². The highest BCUT2D eigenvalue weighted by molar-refractivity contribution is 5.91. The van der Waals surface area contributed by atoms with Crippen molar-refractivity contribution in [1.29, 1.82) is 0 Å². The number of ether oxygens (including phenoxy) is 2. The molecule has 13 nitrogen and oxygen atoms in total. The molecular weight excluding hydrogens is 833 g/mol. The molecule has 2 aromatic heterocycles. The number of likely N-dealkylation sites (tertiary alicyclic amines) is 1. The molecule has 4 fully saturated rings. The number of aromatic nitrogens is 4. The van der Waals surface area contributed by atoms with Crippen LogP contribution < -0.4 is 10.6 Å². The number of ketones is 1.